The first-order valence-electron chi connectivity index (χ1n) is 13.2. The molecule has 7 rings (SSSR count). The lowest BCUT2D eigenvalue weighted by atomic mass is 10.0. The number of aromatic nitrogens is 6. The highest BCUT2D eigenvalue weighted by Gasteiger charge is 2.27. The van der Waals surface area contributed by atoms with Gasteiger partial charge in [-0.3, -0.25) is 0 Å². The number of fused-ring (bicyclic) bond motifs is 6. The predicted octanol–water partition coefficient (Wildman–Crippen LogP) is 6.17. The average molecular weight is 544 g/mol. The van der Waals surface area contributed by atoms with Crippen molar-refractivity contribution < 1.29 is 0 Å². The monoisotopic (exact) mass is 543 g/mol. The van der Waals surface area contributed by atoms with Crippen LogP contribution in [0.1, 0.15) is 33.8 Å². The van der Waals surface area contributed by atoms with Gasteiger partial charge in [0, 0.05) is 16.7 Å². The second-order valence-electron chi connectivity index (χ2n) is 10.2. The van der Waals surface area contributed by atoms with Gasteiger partial charge in [-0.2, -0.15) is 44.6 Å². The fourth-order valence-corrected chi connectivity index (χ4v) is 5.72. The van der Waals surface area contributed by atoms with Crippen LogP contribution >= 0.6 is 0 Å². The Balaban J connectivity index is 1.67. The summed E-state index contributed by atoms with van der Waals surface area (Å²) in [4.78, 5) is 0. The molecule has 0 bridgehead atoms. The molecule has 42 heavy (non-hydrogen) atoms. The number of nitrogens with zero attached hydrogens (tertiary/aromatic N) is 9. The molecule has 0 aliphatic heterocycles. The van der Waals surface area contributed by atoms with Crippen LogP contribution in [0.4, 0.5) is 0 Å². The highest BCUT2D eigenvalue weighted by atomic mass is 15.4. The van der Waals surface area contributed by atoms with Crippen LogP contribution in [-0.2, 0) is 0 Å². The highest BCUT2D eigenvalue weighted by Crippen LogP contribution is 2.38. The van der Waals surface area contributed by atoms with Crippen molar-refractivity contribution in [1.29, 1.82) is 15.8 Å². The van der Waals surface area contributed by atoms with Crippen LogP contribution in [-0.4, -0.2) is 28.8 Å². The summed E-state index contributed by atoms with van der Waals surface area (Å²) in [5, 5.41) is 43.2. The molecule has 4 heterocycles. The Labute approximate surface area is 240 Å². The molecule has 0 unspecified atom stereocenters. The summed E-state index contributed by atoms with van der Waals surface area (Å²) in [7, 11) is 0. The molecule has 0 aliphatic rings. The van der Waals surface area contributed by atoms with E-state index in [0.717, 1.165) is 67.4 Å². The Hall–Kier alpha value is -6.24. The SMILES string of the molecule is Cc1nn2c(c1-c1ccc(C#N)cc1)n1nc(C)c(-c3ccc(C#N)cc3)c1n1nc(C)c(-c3ccc(C#N)cc3)c21. The van der Waals surface area contributed by atoms with Crippen molar-refractivity contribution in [3.63, 3.8) is 0 Å². The Morgan fingerprint density at radius 1 is 0.429 bits per heavy atom. The van der Waals surface area contributed by atoms with Gasteiger partial charge in [0.25, 0.3) is 0 Å². The number of hydrogen-bond acceptors (Lipinski definition) is 6. The molecule has 0 atom stereocenters. The van der Waals surface area contributed by atoms with Gasteiger partial charge >= 0.3 is 0 Å². The van der Waals surface area contributed by atoms with Gasteiger partial charge in [-0.05, 0) is 73.9 Å². The van der Waals surface area contributed by atoms with Crippen molar-refractivity contribution in [1.82, 2.24) is 28.8 Å². The van der Waals surface area contributed by atoms with Gasteiger partial charge in [-0.15, -0.1) is 0 Å². The van der Waals surface area contributed by atoms with Crippen molar-refractivity contribution in [2.24, 2.45) is 0 Å². The minimum Gasteiger partial charge on any atom is -0.195 e. The molecule has 4 aromatic heterocycles. The number of hydrogen-bond donors (Lipinski definition) is 0. The van der Waals surface area contributed by atoms with Gasteiger partial charge in [0.2, 0.25) is 0 Å². The van der Waals surface area contributed by atoms with Crippen LogP contribution < -0.4 is 0 Å². The fourth-order valence-electron chi connectivity index (χ4n) is 5.72. The van der Waals surface area contributed by atoms with E-state index in [-0.39, 0.29) is 0 Å². The molecule has 0 radical (unpaired) electrons. The number of rotatable bonds is 3. The van der Waals surface area contributed by atoms with Gasteiger partial charge in [0.05, 0.1) is 52.0 Å². The zero-order valence-electron chi connectivity index (χ0n) is 23.0. The van der Waals surface area contributed by atoms with E-state index in [9.17, 15) is 15.8 Å². The van der Waals surface area contributed by atoms with E-state index in [1.807, 2.05) is 70.7 Å². The average Bonchev–Trinajstić information content (AvgIpc) is 3.67. The zero-order valence-corrected chi connectivity index (χ0v) is 23.0. The van der Waals surface area contributed by atoms with Crippen LogP contribution in [0.3, 0.4) is 0 Å². The maximum atomic E-state index is 9.37. The summed E-state index contributed by atoms with van der Waals surface area (Å²) in [6, 6.07) is 29.0. The van der Waals surface area contributed by atoms with E-state index in [0.29, 0.717) is 16.7 Å². The number of benzene rings is 3. The first kappa shape index (κ1) is 24.8. The molecule has 0 aliphatic carbocycles. The van der Waals surface area contributed by atoms with Gasteiger partial charge in [0.1, 0.15) is 0 Å². The van der Waals surface area contributed by atoms with E-state index in [1.165, 1.54) is 0 Å². The molecular formula is C33H21N9. The lowest BCUT2D eigenvalue weighted by Crippen LogP contribution is -2.06. The molecule has 3 aromatic carbocycles. The molecule has 0 saturated carbocycles. The summed E-state index contributed by atoms with van der Waals surface area (Å²) in [5.41, 5.74) is 11.8. The van der Waals surface area contributed by atoms with E-state index in [1.54, 1.807) is 36.4 Å². The van der Waals surface area contributed by atoms with E-state index < -0.39 is 0 Å². The Morgan fingerprint density at radius 2 is 0.667 bits per heavy atom. The molecular weight excluding hydrogens is 522 g/mol. The minimum absolute atomic E-state index is 0.577. The third-order valence-corrected chi connectivity index (χ3v) is 7.62. The van der Waals surface area contributed by atoms with Gasteiger partial charge in [0.15, 0.2) is 16.9 Å². The first-order valence-corrected chi connectivity index (χ1v) is 13.2. The third kappa shape index (κ3) is 3.50. The quantitative estimate of drug-likeness (QED) is 0.263. The van der Waals surface area contributed by atoms with Crippen molar-refractivity contribution in [2.45, 2.75) is 20.8 Å². The van der Waals surface area contributed by atoms with Crippen molar-refractivity contribution in [3.8, 4) is 51.6 Å². The van der Waals surface area contributed by atoms with E-state index in [2.05, 4.69) is 18.2 Å². The van der Waals surface area contributed by atoms with E-state index >= 15 is 0 Å². The van der Waals surface area contributed by atoms with E-state index in [4.69, 9.17) is 15.3 Å². The maximum Gasteiger partial charge on any atom is 0.169 e. The number of nitriles is 3. The molecule has 0 fully saturated rings. The van der Waals surface area contributed by atoms with Crippen molar-refractivity contribution in [2.75, 3.05) is 0 Å². The predicted molar refractivity (Wildman–Crippen MR) is 157 cm³/mol. The summed E-state index contributed by atoms with van der Waals surface area (Å²) in [6.45, 7) is 5.89. The molecule has 0 saturated heterocycles. The van der Waals surface area contributed by atoms with Gasteiger partial charge in [-0.1, -0.05) is 36.4 Å². The lowest BCUT2D eigenvalue weighted by molar-refractivity contribution is 0.815. The largest absolute Gasteiger partial charge is 0.195 e. The minimum atomic E-state index is 0.577. The normalized spacial score (nSPS) is 11.1. The summed E-state index contributed by atoms with van der Waals surface area (Å²) in [6.07, 6.45) is 0. The molecule has 0 amide bonds. The summed E-state index contributed by atoms with van der Waals surface area (Å²) in [5.74, 6) is 0. The second-order valence-corrected chi connectivity index (χ2v) is 10.2. The van der Waals surface area contributed by atoms with Crippen LogP contribution in [0, 0.1) is 54.8 Å². The van der Waals surface area contributed by atoms with Gasteiger partial charge in [-0.25, -0.2) is 0 Å². The molecule has 0 N–H and O–H groups in total. The third-order valence-electron chi connectivity index (χ3n) is 7.62. The summed E-state index contributed by atoms with van der Waals surface area (Å²) < 4.78 is 5.66. The fraction of sp³-hybridized carbons (Fsp3) is 0.0909. The number of aryl methyl sites for hydroxylation is 3. The lowest BCUT2D eigenvalue weighted by Gasteiger charge is -2.09. The van der Waals surface area contributed by atoms with Crippen LogP contribution in [0.2, 0.25) is 0 Å². The molecule has 0 spiro atoms. The topological polar surface area (TPSA) is 123 Å². The molecule has 9 nitrogen and oxygen atoms in total. The smallest absolute Gasteiger partial charge is 0.169 e. The highest BCUT2D eigenvalue weighted by molar-refractivity contribution is 5.92. The van der Waals surface area contributed by atoms with Crippen LogP contribution in [0.5, 0.6) is 0 Å². The Morgan fingerprint density at radius 3 is 0.881 bits per heavy atom. The standard InChI is InChI=1S/C33H21N9/c1-19-28(25-10-4-22(16-34)5-11-25)31-40(37-19)32-29(26-12-6-23(17-35)7-13-26)20(2)39-42(32)33-30(21(3)38-41(31)33)27-14-8-24(18-36)9-15-27/h4-15H,1-3H3. The second kappa shape index (κ2) is 9.16. The van der Waals surface area contributed by atoms with Crippen molar-refractivity contribution >= 4 is 16.9 Å². The van der Waals surface area contributed by atoms with Crippen molar-refractivity contribution in [3.05, 3.63) is 107 Å². The zero-order chi connectivity index (χ0) is 29.1. The molecule has 9 heteroatoms. The molecule has 198 valence electrons. The van der Waals surface area contributed by atoms with Crippen LogP contribution in [0.15, 0.2) is 72.8 Å². The van der Waals surface area contributed by atoms with Crippen LogP contribution in [0.25, 0.3) is 50.3 Å². The first-order chi connectivity index (χ1) is 20.4. The van der Waals surface area contributed by atoms with Gasteiger partial charge < -0.3 is 0 Å². The summed E-state index contributed by atoms with van der Waals surface area (Å²) >= 11 is 0. The Kier molecular flexibility index (Phi) is 5.40. The Bertz CT molecular complexity index is 2030. The maximum absolute atomic E-state index is 9.37. The molecule has 7 aromatic rings.